The van der Waals surface area contributed by atoms with E-state index in [1.807, 2.05) is 228 Å². The number of halogens is 7. The predicted molar refractivity (Wildman–Crippen MR) is 560 cm³/mol. The van der Waals surface area contributed by atoms with Gasteiger partial charge >= 0.3 is 18.3 Å². The molecule has 0 saturated carbocycles. The average Bonchev–Trinajstić information content (AvgIpc) is 1.63. The van der Waals surface area contributed by atoms with Crippen LogP contribution in [-0.4, -0.2) is 196 Å². The fourth-order valence-electron chi connectivity index (χ4n) is 15.1. The highest BCUT2D eigenvalue weighted by Gasteiger charge is 2.33. The van der Waals surface area contributed by atoms with E-state index in [9.17, 15) is 19.2 Å². The van der Waals surface area contributed by atoms with E-state index < -0.39 is 16.8 Å². The highest BCUT2D eigenvalue weighted by Crippen LogP contribution is 2.35. The van der Waals surface area contributed by atoms with Gasteiger partial charge in [-0.2, -0.15) is 0 Å². The van der Waals surface area contributed by atoms with Crippen molar-refractivity contribution < 1.29 is 33.4 Å². The second-order valence-electron chi connectivity index (χ2n) is 35.3. The van der Waals surface area contributed by atoms with Crippen LogP contribution >= 0.6 is 110 Å². The molecule has 0 unspecified atom stereocenters. The molecule has 3 atom stereocenters. The van der Waals surface area contributed by atoms with Gasteiger partial charge in [0.2, 0.25) is 0 Å². The first-order chi connectivity index (χ1) is 65.7. The molecule has 0 aliphatic carbocycles. The van der Waals surface area contributed by atoms with Gasteiger partial charge in [-0.25, -0.2) is 64.2 Å². The zero-order valence-corrected chi connectivity index (χ0v) is 86.7. The number of likely N-dealkylation sites (tertiary alicyclic amines) is 3. The smallest absolute Gasteiger partial charge is 0.410 e. The monoisotopic (exact) mass is 2250 g/mol. The Labute approximate surface area is 850 Å². The molecule has 30 nitrogen and oxygen atoms in total. The molecule has 3 saturated heterocycles. The number of carbonyl (C=O) groups excluding carboxylic acids is 4. The van der Waals surface area contributed by atoms with Gasteiger partial charge in [0, 0.05) is 198 Å². The molecule has 3 amide bonds. The zero-order chi connectivity index (χ0) is 97.1. The van der Waals surface area contributed by atoms with Gasteiger partial charge in [-0.1, -0.05) is 160 Å². The Balaban J connectivity index is 0.000000139. The number of amides is 3. The van der Waals surface area contributed by atoms with Crippen molar-refractivity contribution in [1.29, 1.82) is 0 Å². The topological polar surface area (TPSA) is 340 Å². The summed E-state index contributed by atoms with van der Waals surface area (Å²) in [5, 5.41) is 11.6. The summed E-state index contributed by atoms with van der Waals surface area (Å²) in [6.07, 6.45) is 35.6. The Kier molecular flexibility index (Phi) is 34.1. The van der Waals surface area contributed by atoms with Crippen LogP contribution in [0.15, 0.2) is 264 Å². The number of aromatic nitrogens is 16. The molecule has 708 valence electrons. The number of hydrogen-bond donors (Lipinski definition) is 4. The van der Waals surface area contributed by atoms with Crippen molar-refractivity contribution in [3.05, 3.63) is 284 Å². The van der Waals surface area contributed by atoms with E-state index in [2.05, 4.69) is 188 Å². The lowest BCUT2D eigenvalue weighted by Gasteiger charge is -2.34. The van der Waals surface area contributed by atoms with Crippen LogP contribution < -0.4 is 21.7 Å². The second-order valence-corrected chi connectivity index (χ2v) is 40.4. The van der Waals surface area contributed by atoms with Gasteiger partial charge in [0.25, 0.3) is 0 Å². The summed E-state index contributed by atoms with van der Waals surface area (Å²) in [5.41, 5.74) is 19.5. The Bertz CT molecular complexity index is 6860. The predicted octanol–water partition coefficient (Wildman–Crippen LogP) is 23.7. The van der Waals surface area contributed by atoms with Crippen molar-refractivity contribution in [2.45, 2.75) is 136 Å². The molecule has 37 heteroatoms. The van der Waals surface area contributed by atoms with Crippen LogP contribution in [0.5, 0.6) is 0 Å². The number of nitrogen functional groups attached to an aromatic ring is 1. The molecule has 137 heavy (non-hydrogen) atoms. The lowest BCUT2D eigenvalue weighted by molar-refractivity contribution is 0.0196. The van der Waals surface area contributed by atoms with Gasteiger partial charge in [0.05, 0.1) is 34.3 Å². The number of rotatable bonds is 14. The Morgan fingerprint density at radius 3 is 1.17 bits per heavy atom. The fraction of sp³-hybridized carbons (Fsp3) is 0.280. The minimum Gasteiger partial charge on any atom is -0.444 e. The number of nitrogens with one attached hydrogen (secondary N) is 3. The van der Waals surface area contributed by atoms with Gasteiger partial charge in [0.15, 0.2) is 61.9 Å². The maximum absolute atomic E-state index is 12.6. The van der Waals surface area contributed by atoms with Crippen molar-refractivity contribution in [2.75, 3.05) is 66.3 Å². The Morgan fingerprint density at radius 1 is 0.416 bits per heavy atom. The Hall–Kier alpha value is -12.1. The van der Waals surface area contributed by atoms with Crippen LogP contribution in [0.25, 0.3) is 89.9 Å². The summed E-state index contributed by atoms with van der Waals surface area (Å²) in [7, 11) is 0. The minimum absolute atomic E-state index is 0.0674. The molecule has 3 aliphatic heterocycles. The third-order valence-corrected chi connectivity index (χ3v) is 24.6. The van der Waals surface area contributed by atoms with E-state index in [0.717, 1.165) is 151 Å². The van der Waals surface area contributed by atoms with Gasteiger partial charge in [-0.3, -0.25) is 19.2 Å². The summed E-state index contributed by atoms with van der Waals surface area (Å²) in [5.74, 6) is 2.51. The van der Waals surface area contributed by atoms with Crippen molar-refractivity contribution in [2.24, 2.45) is 0 Å². The number of nitrogens with two attached hydrogens (primary N) is 1. The molecule has 11 aromatic heterocycles. The number of anilines is 4. The van der Waals surface area contributed by atoms with Crippen LogP contribution in [0.1, 0.15) is 111 Å². The lowest BCUT2D eigenvalue weighted by atomic mass is 10.0. The van der Waals surface area contributed by atoms with Crippen molar-refractivity contribution in [1.82, 2.24) is 92.1 Å². The van der Waals surface area contributed by atoms with Gasteiger partial charge in [-0.15, -0.1) is 0 Å². The number of carbonyl (C=O) groups is 4. The van der Waals surface area contributed by atoms with E-state index in [-0.39, 0.29) is 53.2 Å². The number of piperidine rings is 3. The SMILES string of the molecule is CC(C)(C)OC(=O)N1CCC[C@H](Nc2ncc(I)n3cc(-c4cccc(-c5ccncc5)c4)nc23)C1.CC(C)(C)OC(=O)N1CCC[C@H](Nc2nccn3cc(-c4cccc(-c5ccncc5)c4)nc23)C1.CC(C)(C)OC(=O)N1CCC[C@H](Nc2nccn3cc(-c4cccc(Br)c4)nc23)C1.Clc1nccn2cc(-c3cccc(Br)c3)nc12.Nc1nccnc1Cl.O=C(CBr)c1cccc(Br)c1. The summed E-state index contributed by atoms with van der Waals surface area (Å²) >= 11 is 27.0. The highest BCUT2D eigenvalue weighted by molar-refractivity contribution is 14.1. The van der Waals surface area contributed by atoms with Crippen molar-refractivity contribution in [3.8, 4) is 67.3 Å². The zero-order valence-electron chi connectivity index (χ0n) is 76.7. The first-order valence-corrected chi connectivity index (χ1v) is 49.6. The quantitative estimate of drug-likeness (QED) is 0.0340. The van der Waals surface area contributed by atoms with Gasteiger partial charge < -0.3 is 63.8 Å². The Morgan fingerprint density at radius 2 is 0.774 bits per heavy atom. The number of nitrogens with zero attached hydrogens (tertiary/aromatic N) is 19. The lowest BCUT2D eigenvalue weighted by Crippen LogP contribution is -2.47. The van der Waals surface area contributed by atoms with E-state index in [1.54, 1.807) is 64.1 Å². The maximum Gasteiger partial charge on any atom is 0.410 e. The number of Topliss-reactive ketones (excluding diaryl/α,β-unsaturated/α-hetero) is 1. The van der Waals surface area contributed by atoms with Crippen molar-refractivity contribution >= 4 is 179 Å². The molecule has 0 radical (unpaired) electrons. The molecule has 5 N–H and O–H groups in total. The molecule has 14 heterocycles. The van der Waals surface area contributed by atoms with Crippen LogP contribution in [0.4, 0.5) is 37.7 Å². The van der Waals surface area contributed by atoms with E-state index in [4.69, 9.17) is 58.1 Å². The number of ketones is 1. The van der Waals surface area contributed by atoms with Gasteiger partial charge in [-0.05, 0) is 218 Å². The number of imidazole rings is 4. The molecule has 5 aromatic carbocycles. The number of hydrogen-bond acceptors (Lipinski definition) is 23. The van der Waals surface area contributed by atoms with Gasteiger partial charge in [0.1, 0.15) is 20.5 Å². The fourth-order valence-corrected chi connectivity index (χ4v) is 17.4. The number of ether oxygens (including phenoxy) is 3. The molecular formula is C100H102Br4Cl2IN23O7. The standard InChI is InChI=1S/C27H29IN6O2.C27H30N6O2.C22H26BrN5O2.C12H7BrClN3.C8H6Br2O.C4H4ClN3/c1-27(2,3)36-26(35)33-13-5-8-21(16-33)31-24-25-32-22(17-34(25)23(28)15-30-24)20-7-4-6-19(14-20)18-9-11-29-12-10-18;1-27(2,3)35-26(34)33-14-5-8-22(17-33)30-24-25-31-23(18-32(25)15-13-29-24)21-7-4-6-20(16-21)19-9-11-28-12-10-19;1-22(2,3)30-21(29)28-10-5-8-17(13-28)25-19-20-26-18(14-27(20)11-9-24-19)15-6-4-7-16(23)12-15;13-9-3-1-2-8(6-9)10-7-17-5-4-15-11(14)12(17)16-10;9-5-8(11)6-2-1-3-7(10)4-6;5-3-4(6)8-2-1-7-3/h4,6-7,9-12,14-15,17,21H,5,8,13,16H2,1-3H3,(H,30,31);4,6-7,9-13,15-16,18,22H,5,8,14,17H2,1-3H3,(H,29,30);4,6-7,9,11-12,14,17H,5,8,10,13H2,1-3H3,(H,24,25);1-7H;1-4H,5H2;1-2H,(H2,6,8)/t21-;22-;17-;;;/m000.../s1. The number of alkyl halides is 1. The molecule has 3 aliphatic rings. The summed E-state index contributed by atoms with van der Waals surface area (Å²) in [6.45, 7) is 20.8. The maximum atomic E-state index is 12.6. The van der Waals surface area contributed by atoms with E-state index in [1.165, 1.54) is 12.4 Å². The van der Waals surface area contributed by atoms with Crippen LogP contribution in [-0.2, 0) is 14.2 Å². The first kappa shape index (κ1) is 101. The second kappa shape index (κ2) is 46.3. The van der Waals surface area contributed by atoms with Crippen LogP contribution in [0.3, 0.4) is 0 Å². The van der Waals surface area contributed by atoms with E-state index >= 15 is 0 Å². The molecule has 16 aromatic rings. The summed E-state index contributed by atoms with van der Waals surface area (Å²) < 4.78 is 28.5. The average molecular weight is 2260 g/mol. The van der Waals surface area contributed by atoms with Crippen LogP contribution in [0.2, 0.25) is 10.3 Å². The first-order valence-electron chi connectivity index (χ1n) is 44.2. The molecule has 0 spiro atoms. The minimum atomic E-state index is -0.512. The van der Waals surface area contributed by atoms with Crippen molar-refractivity contribution in [3.63, 3.8) is 0 Å². The normalized spacial score (nSPS) is 14.9. The number of pyridine rings is 2. The molecule has 19 rings (SSSR count). The molecule has 3 fully saturated rings. The number of benzene rings is 5. The molecule has 0 bridgehead atoms. The third-order valence-electron chi connectivity index (χ3n) is 21.3. The third kappa shape index (κ3) is 28.3. The number of fused-ring (bicyclic) bond motifs is 4. The summed E-state index contributed by atoms with van der Waals surface area (Å²) in [6, 6.07) is 48.3. The van der Waals surface area contributed by atoms with Crippen LogP contribution in [0, 0.1) is 3.70 Å². The largest absolute Gasteiger partial charge is 0.444 e. The van der Waals surface area contributed by atoms with E-state index in [0.29, 0.717) is 67.0 Å². The highest BCUT2D eigenvalue weighted by atomic mass is 127. The molecular weight excluding hydrogens is 2150 g/mol. The summed E-state index contributed by atoms with van der Waals surface area (Å²) in [4.78, 5) is 106.